The predicted molar refractivity (Wildman–Crippen MR) is 102 cm³/mol. The van der Waals surface area contributed by atoms with Gasteiger partial charge < -0.3 is 10.1 Å². The fourth-order valence-corrected chi connectivity index (χ4v) is 2.83. The first-order valence-corrected chi connectivity index (χ1v) is 8.70. The normalized spacial score (nSPS) is 10.3. The second kappa shape index (κ2) is 8.93. The Hall–Kier alpha value is -3.22. The number of carbonyl (C=O) groups is 2. The number of aryl methyl sites for hydroxylation is 2. The van der Waals surface area contributed by atoms with Crippen LogP contribution in [0.3, 0.4) is 0 Å². The zero-order chi connectivity index (χ0) is 20.0. The molecular weight excluding hydrogens is 348 g/mol. The van der Waals surface area contributed by atoms with Crippen molar-refractivity contribution in [3.8, 4) is 0 Å². The Morgan fingerprint density at radius 1 is 1.07 bits per heavy atom. The molecule has 2 aromatic carbocycles. The molecule has 0 aliphatic rings. The number of hydrogen-bond acceptors (Lipinski definition) is 5. The van der Waals surface area contributed by atoms with Gasteiger partial charge in [0.1, 0.15) is 0 Å². The fourth-order valence-electron chi connectivity index (χ4n) is 2.83. The van der Waals surface area contributed by atoms with Gasteiger partial charge in [-0.05, 0) is 37.0 Å². The van der Waals surface area contributed by atoms with Crippen LogP contribution in [-0.4, -0.2) is 23.4 Å². The van der Waals surface area contributed by atoms with Crippen molar-refractivity contribution in [1.29, 1.82) is 0 Å². The van der Waals surface area contributed by atoms with E-state index in [0.717, 1.165) is 29.7 Å². The SMILES string of the molecule is CCc1cccc(CC)c1NC(=O)COC(=O)c1cccc([N+](=O)[O-])c1C. The minimum absolute atomic E-state index is 0.0696. The highest BCUT2D eigenvalue weighted by molar-refractivity contribution is 5.97. The molecule has 0 bridgehead atoms. The molecule has 142 valence electrons. The van der Waals surface area contributed by atoms with Crippen LogP contribution in [0.15, 0.2) is 36.4 Å². The Labute approximate surface area is 157 Å². The number of nitrogens with one attached hydrogen (secondary N) is 1. The third-order valence-electron chi connectivity index (χ3n) is 4.32. The highest BCUT2D eigenvalue weighted by Gasteiger charge is 2.20. The molecule has 1 N–H and O–H groups in total. The van der Waals surface area contributed by atoms with Crippen LogP contribution >= 0.6 is 0 Å². The first kappa shape index (κ1) is 20.1. The number of rotatable bonds is 7. The molecule has 0 spiro atoms. The molecule has 27 heavy (non-hydrogen) atoms. The van der Waals surface area contributed by atoms with Gasteiger partial charge in [-0.3, -0.25) is 14.9 Å². The van der Waals surface area contributed by atoms with E-state index < -0.39 is 23.4 Å². The van der Waals surface area contributed by atoms with Crippen LogP contribution < -0.4 is 5.32 Å². The highest BCUT2D eigenvalue weighted by Crippen LogP contribution is 2.23. The molecule has 7 nitrogen and oxygen atoms in total. The van der Waals surface area contributed by atoms with E-state index in [1.165, 1.54) is 25.1 Å². The van der Waals surface area contributed by atoms with E-state index in [2.05, 4.69) is 5.32 Å². The number of ether oxygens (including phenoxy) is 1. The molecule has 2 aromatic rings. The molecule has 0 unspecified atom stereocenters. The summed E-state index contributed by atoms with van der Waals surface area (Å²) in [5.74, 6) is -1.23. The minimum Gasteiger partial charge on any atom is -0.452 e. The van der Waals surface area contributed by atoms with E-state index in [1.54, 1.807) is 0 Å². The molecule has 0 aliphatic heterocycles. The van der Waals surface area contributed by atoms with Crippen LogP contribution in [0.25, 0.3) is 0 Å². The van der Waals surface area contributed by atoms with Gasteiger partial charge in [0, 0.05) is 17.3 Å². The van der Waals surface area contributed by atoms with Gasteiger partial charge in [-0.1, -0.05) is 38.1 Å². The highest BCUT2D eigenvalue weighted by atomic mass is 16.6. The van der Waals surface area contributed by atoms with Gasteiger partial charge in [-0.15, -0.1) is 0 Å². The van der Waals surface area contributed by atoms with Crippen molar-refractivity contribution in [2.75, 3.05) is 11.9 Å². The lowest BCUT2D eigenvalue weighted by Gasteiger charge is -2.14. The summed E-state index contributed by atoms with van der Waals surface area (Å²) in [4.78, 5) is 34.9. The molecule has 0 fully saturated rings. The predicted octanol–water partition coefficient (Wildman–Crippen LogP) is 3.82. The molecule has 0 saturated carbocycles. The zero-order valence-electron chi connectivity index (χ0n) is 15.6. The van der Waals surface area contributed by atoms with Crippen molar-refractivity contribution < 1.29 is 19.2 Å². The van der Waals surface area contributed by atoms with Crippen molar-refractivity contribution >= 4 is 23.3 Å². The molecule has 0 radical (unpaired) electrons. The lowest BCUT2D eigenvalue weighted by atomic mass is 10.0. The van der Waals surface area contributed by atoms with E-state index in [-0.39, 0.29) is 16.8 Å². The Morgan fingerprint density at radius 3 is 2.22 bits per heavy atom. The Bertz CT molecular complexity index is 854. The summed E-state index contributed by atoms with van der Waals surface area (Å²) in [5.41, 5.74) is 2.86. The molecular formula is C20H22N2O5. The van der Waals surface area contributed by atoms with Crippen LogP contribution in [0.4, 0.5) is 11.4 Å². The van der Waals surface area contributed by atoms with E-state index >= 15 is 0 Å². The van der Waals surface area contributed by atoms with Crippen molar-refractivity contribution in [2.45, 2.75) is 33.6 Å². The number of nitro benzene ring substituents is 1. The average molecular weight is 370 g/mol. The Morgan fingerprint density at radius 2 is 1.67 bits per heavy atom. The summed E-state index contributed by atoms with van der Waals surface area (Å²) >= 11 is 0. The third kappa shape index (κ3) is 4.69. The Kier molecular flexibility index (Phi) is 6.65. The van der Waals surface area contributed by atoms with Crippen LogP contribution in [0.1, 0.15) is 40.9 Å². The summed E-state index contributed by atoms with van der Waals surface area (Å²) in [5, 5.41) is 13.8. The molecule has 0 aliphatic carbocycles. The van der Waals surface area contributed by atoms with Crippen molar-refractivity contribution in [3.05, 3.63) is 68.8 Å². The molecule has 0 aromatic heterocycles. The fraction of sp³-hybridized carbons (Fsp3) is 0.300. The van der Waals surface area contributed by atoms with Crippen molar-refractivity contribution in [1.82, 2.24) is 0 Å². The molecule has 2 rings (SSSR count). The smallest absolute Gasteiger partial charge is 0.339 e. The first-order chi connectivity index (χ1) is 12.9. The summed E-state index contributed by atoms with van der Waals surface area (Å²) in [7, 11) is 0. The van der Waals surface area contributed by atoms with Gasteiger partial charge in [0.05, 0.1) is 10.5 Å². The van der Waals surface area contributed by atoms with Gasteiger partial charge in [0.25, 0.3) is 11.6 Å². The van der Waals surface area contributed by atoms with Gasteiger partial charge in [-0.25, -0.2) is 4.79 Å². The number of nitro groups is 1. The molecule has 7 heteroatoms. The van der Waals surface area contributed by atoms with Crippen LogP contribution in [-0.2, 0) is 22.4 Å². The van der Waals surface area contributed by atoms with Gasteiger partial charge in [0.2, 0.25) is 0 Å². The molecule has 0 atom stereocenters. The van der Waals surface area contributed by atoms with Gasteiger partial charge in [-0.2, -0.15) is 0 Å². The van der Waals surface area contributed by atoms with E-state index in [1.807, 2.05) is 32.0 Å². The lowest BCUT2D eigenvalue weighted by molar-refractivity contribution is -0.385. The second-order valence-corrected chi connectivity index (χ2v) is 5.99. The maximum absolute atomic E-state index is 12.2. The topological polar surface area (TPSA) is 98.5 Å². The summed E-state index contributed by atoms with van der Waals surface area (Å²) in [6.45, 7) is 4.99. The van der Waals surface area contributed by atoms with E-state index in [4.69, 9.17) is 4.74 Å². The van der Waals surface area contributed by atoms with Gasteiger partial charge in [0.15, 0.2) is 6.61 Å². The number of nitrogens with zero attached hydrogens (tertiary/aromatic N) is 1. The number of amides is 1. The number of esters is 1. The quantitative estimate of drug-likeness (QED) is 0.454. The first-order valence-electron chi connectivity index (χ1n) is 8.70. The second-order valence-electron chi connectivity index (χ2n) is 5.99. The number of benzene rings is 2. The largest absolute Gasteiger partial charge is 0.452 e. The molecule has 1 amide bonds. The number of para-hydroxylation sites is 1. The third-order valence-corrected chi connectivity index (χ3v) is 4.32. The molecule has 0 heterocycles. The van der Waals surface area contributed by atoms with Crippen molar-refractivity contribution in [2.24, 2.45) is 0 Å². The number of anilines is 1. The minimum atomic E-state index is -0.772. The monoisotopic (exact) mass is 370 g/mol. The summed E-state index contributed by atoms with van der Waals surface area (Å²) in [6.07, 6.45) is 1.52. The maximum atomic E-state index is 12.2. The van der Waals surface area contributed by atoms with Crippen LogP contribution in [0.5, 0.6) is 0 Å². The average Bonchev–Trinajstić information content (AvgIpc) is 2.66. The van der Waals surface area contributed by atoms with Gasteiger partial charge >= 0.3 is 5.97 Å². The number of carbonyl (C=O) groups excluding carboxylic acids is 2. The molecule has 0 saturated heterocycles. The summed E-state index contributed by atoms with van der Waals surface area (Å²) in [6, 6.07) is 9.97. The van der Waals surface area contributed by atoms with Crippen LogP contribution in [0, 0.1) is 17.0 Å². The maximum Gasteiger partial charge on any atom is 0.339 e. The number of hydrogen-bond donors (Lipinski definition) is 1. The summed E-state index contributed by atoms with van der Waals surface area (Å²) < 4.78 is 5.05. The van der Waals surface area contributed by atoms with Crippen LogP contribution in [0.2, 0.25) is 0 Å². The van der Waals surface area contributed by atoms with E-state index in [0.29, 0.717) is 0 Å². The zero-order valence-corrected chi connectivity index (χ0v) is 15.6. The van der Waals surface area contributed by atoms with Crippen molar-refractivity contribution in [3.63, 3.8) is 0 Å². The lowest BCUT2D eigenvalue weighted by Crippen LogP contribution is -2.22. The standard InChI is InChI=1S/C20H22N2O5/c1-4-14-8-6-9-15(5-2)19(14)21-18(23)12-27-20(24)16-10-7-11-17(13(16)3)22(25)26/h6-11H,4-5,12H2,1-3H3,(H,21,23). The van der Waals surface area contributed by atoms with E-state index in [9.17, 15) is 19.7 Å². The Balaban J connectivity index is 2.08.